The van der Waals surface area contributed by atoms with Crippen LogP contribution in [0.4, 0.5) is 4.79 Å². The van der Waals surface area contributed by atoms with Crippen molar-refractivity contribution >= 4 is 47.2 Å². The number of rotatable bonds is 16. The van der Waals surface area contributed by atoms with Crippen molar-refractivity contribution < 1.29 is 38.4 Å². The SMILES string of the molecule is CC(C)(C)[C@H](NC(=O)N[C@H](C(=O)C1CC1)C1CCCCC1)C(=O)N1CC2(C[C@H]1C(=O)NC(CC1CCC1)C(=O)C(N)=O)C(C)(C)C21CCC1.O=C=N[C@H](C(=O)C1CC1)C1CCCCC1. The lowest BCUT2D eigenvalue weighted by Gasteiger charge is -2.37. The molecule has 7 aliphatic carbocycles. The van der Waals surface area contributed by atoms with Crippen molar-refractivity contribution in [2.24, 2.45) is 62.0 Å². The number of carbonyl (C=O) groups is 7. The van der Waals surface area contributed by atoms with Crippen molar-refractivity contribution in [2.75, 3.05) is 6.54 Å². The van der Waals surface area contributed by atoms with Crippen LogP contribution in [0.5, 0.6) is 0 Å². The van der Waals surface area contributed by atoms with Crippen molar-refractivity contribution in [3.63, 3.8) is 0 Å². The first-order chi connectivity index (χ1) is 30.4. The molecule has 5 amide bonds. The maximum Gasteiger partial charge on any atom is 0.316 e. The highest BCUT2D eigenvalue weighted by molar-refractivity contribution is 6.37. The number of Topliss-reactive ketones (excluding diaryl/α,β-unsaturated/α-hetero) is 3. The van der Waals surface area contributed by atoms with E-state index in [-0.39, 0.29) is 63.4 Å². The molecule has 2 unspecified atom stereocenters. The summed E-state index contributed by atoms with van der Waals surface area (Å²) in [6, 6.07) is -4.34. The third kappa shape index (κ3) is 9.64. The Bertz CT molecular complexity index is 1860. The van der Waals surface area contributed by atoms with Crippen molar-refractivity contribution in [2.45, 2.75) is 206 Å². The first kappa shape index (κ1) is 48.0. The highest BCUT2D eigenvalue weighted by atomic mass is 16.2. The molecule has 0 bridgehead atoms. The molecule has 0 aromatic heterocycles. The predicted molar refractivity (Wildman–Crippen MR) is 240 cm³/mol. The molecule has 8 aliphatic rings. The number of amides is 5. The van der Waals surface area contributed by atoms with Crippen LogP contribution in [0.3, 0.4) is 0 Å². The second-order valence-electron chi connectivity index (χ2n) is 22.9. The van der Waals surface area contributed by atoms with Crippen molar-refractivity contribution in [3.05, 3.63) is 0 Å². The molecule has 6 atom stereocenters. The first-order valence-corrected chi connectivity index (χ1v) is 25.0. The minimum atomic E-state index is -1.08. The van der Waals surface area contributed by atoms with E-state index in [0.717, 1.165) is 109 Å². The highest BCUT2D eigenvalue weighted by Gasteiger charge is 2.85. The van der Waals surface area contributed by atoms with Gasteiger partial charge in [0.05, 0.1) is 12.1 Å². The highest BCUT2D eigenvalue weighted by Crippen LogP contribution is 2.88. The molecular formula is C50H76N6O8. The Balaban J connectivity index is 0.000000344. The number of ketones is 3. The van der Waals surface area contributed by atoms with Gasteiger partial charge in [0.15, 0.2) is 11.6 Å². The lowest BCUT2D eigenvalue weighted by molar-refractivity contribution is -0.143. The third-order valence-electron chi connectivity index (χ3n) is 17.7. The molecule has 0 aromatic rings. The van der Waals surface area contributed by atoms with E-state index in [2.05, 4.69) is 34.8 Å². The Labute approximate surface area is 380 Å². The number of nitrogens with two attached hydrogens (primary N) is 1. The van der Waals surface area contributed by atoms with Crippen LogP contribution in [0.15, 0.2) is 4.99 Å². The van der Waals surface area contributed by atoms with Crippen molar-refractivity contribution in [1.29, 1.82) is 0 Å². The van der Waals surface area contributed by atoms with Crippen LogP contribution < -0.4 is 21.7 Å². The molecule has 1 saturated heterocycles. The second-order valence-corrected chi connectivity index (χ2v) is 22.9. The molecule has 8 rings (SSSR count). The largest absolute Gasteiger partial charge is 0.363 e. The molecule has 0 aromatic carbocycles. The van der Waals surface area contributed by atoms with Gasteiger partial charge >= 0.3 is 6.03 Å². The Hall–Kier alpha value is -3.93. The van der Waals surface area contributed by atoms with Crippen LogP contribution in [0.2, 0.25) is 0 Å². The standard InChI is InChI=1S/C38H59N5O6.C12H17NO2/c1-35(2,3)30(42-34(49)41-27(28(44)24-15-16-24)23-13-7-6-8-14-23)33(48)43-21-38(36(4,5)37(38)17-10-18-37)20-26(43)32(47)40-25(29(45)31(39)46)19-22-11-9-12-22;14-8-13-11(12(15)10-6-7-10)9-4-2-1-3-5-9/h22-27,30H,6-21H2,1-5H3,(H2,39,46)(H,40,47)(H2,41,42,49);9-11H,1-7H2/t25?,26-,27-,30+,38?;11-/m00/s1. The van der Waals surface area contributed by atoms with E-state index in [1.54, 1.807) is 11.0 Å². The summed E-state index contributed by atoms with van der Waals surface area (Å²) < 4.78 is 0. The van der Waals surface area contributed by atoms with Gasteiger partial charge in [0.2, 0.25) is 23.7 Å². The van der Waals surface area contributed by atoms with E-state index in [4.69, 9.17) is 5.73 Å². The number of aliphatic imine (C=N–C) groups is 1. The van der Waals surface area contributed by atoms with Crippen LogP contribution >= 0.6 is 0 Å². The van der Waals surface area contributed by atoms with Gasteiger partial charge in [-0.3, -0.25) is 28.8 Å². The number of primary amides is 1. The quantitative estimate of drug-likeness (QED) is 0.0771. The van der Waals surface area contributed by atoms with Gasteiger partial charge in [-0.15, -0.1) is 0 Å². The number of fused-ring (bicyclic) bond motifs is 1. The van der Waals surface area contributed by atoms with Crippen LogP contribution in [0.25, 0.3) is 0 Å². The lowest BCUT2D eigenvalue weighted by atomic mass is 9.73. The summed E-state index contributed by atoms with van der Waals surface area (Å²) in [6.07, 6.45) is 22.9. The fourth-order valence-corrected chi connectivity index (χ4v) is 13.0. The Kier molecular flexibility index (Phi) is 14.3. The smallest absolute Gasteiger partial charge is 0.316 e. The van der Waals surface area contributed by atoms with Gasteiger partial charge in [-0.25, -0.2) is 9.59 Å². The fraction of sp³-hybridized carbons (Fsp3) is 0.840. The van der Waals surface area contributed by atoms with E-state index < -0.39 is 53.2 Å². The molecule has 14 nitrogen and oxygen atoms in total. The summed E-state index contributed by atoms with van der Waals surface area (Å²) in [4.78, 5) is 109. The number of hydrogen-bond acceptors (Lipinski definition) is 9. The van der Waals surface area contributed by atoms with E-state index >= 15 is 0 Å². The number of nitrogens with zero attached hydrogens (tertiary/aromatic N) is 2. The topological polar surface area (TPSA) is 214 Å². The monoisotopic (exact) mass is 889 g/mol. The van der Waals surface area contributed by atoms with E-state index in [1.807, 2.05) is 20.8 Å². The number of likely N-dealkylation sites (tertiary alicyclic amines) is 1. The van der Waals surface area contributed by atoms with Gasteiger partial charge in [-0.05, 0) is 111 Å². The Morgan fingerprint density at radius 1 is 0.719 bits per heavy atom. The Morgan fingerprint density at radius 3 is 1.77 bits per heavy atom. The fourth-order valence-electron chi connectivity index (χ4n) is 13.0. The van der Waals surface area contributed by atoms with Gasteiger partial charge in [-0.1, -0.05) is 98.8 Å². The molecule has 1 heterocycles. The molecule has 0 radical (unpaired) electrons. The average Bonchev–Trinajstić information content (AvgIpc) is 4.18. The number of hydrogen-bond donors (Lipinski definition) is 4. The number of urea groups is 1. The van der Waals surface area contributed by atoms with Gasteiger partial charge in [0, 0.05) is 23.8 Å². The van der Waals surface area contributed by atoms with Crippen LogP contribution in [-0.2, 0) is 33.6 Å². The van der Waals surface area contributed by atoms with Gasteiger partial charge in [0.1, 0.15) is 18.1 Å². The zero-order valence-electron chi connectivity index (χ0n) is 39.3. The van der Waals surface area contributed by atoms with E-state index in [9.17, 15) is 38.4 Å². The normalized spacial score (nSPS) is 28.1. The first-order valence-electron chi connectivity index (χ1n) is 25.0. The van der Waals surface area contributed by atoms with Gasteiger partial charge in [0.25, 0.3) is 5.91 Å². The molecule has 8 fully saturated rings. The maximum atomic E-state index is 14.8. The van der Waals surface area contributed by atoms with E-state index in [0.29, 0.717) is 25.3 Å². The molecule has 64 heavy (non-hydrogen) atoms. The molecular weight excluding hydrogens is 813 g/mol. The maximum absolute atomic E-state index is 14.8. The molecule has 7 saturated carbocycles. The molecule has 1 aliphatic heterocycles. The zero-order valence-corrected chi connectivity index (χ0v) is 39.3. The minimum absolute atomic E-state index is 0.00242. The minimum Gasteiger partial charge on any atom is -0.363 e. The summed E-state index contributed by atoms with van der Waals surface area (Å²) in [5.41, 5.74) is 4.39. The van der Waals surface area contributed by atoms with Gasteiger partial charge in [-0.2, -0.15) is 4.99 Å². The van der Waals surface area contributed by atoms with Crippen LogP contribution in [0, 0.1) is 51.2 Å². The molecule has 354 valence electrons. The summed E-state index contributed by atoms with van der Waals surface area (Å²) in [6.45, 7) is 10.5. The summed E-state index contributed by atoms with van der Waals surface area (Å²) >= 11 is 0. The molecule has 2 spiro atoms. The second kappa shape index (κ2) is 19.1. The third-order valence-corrected chi connectivity index (χ3v) is 17.7. The van der Waals surface area contributed by atoms with Crippen molar-refractivity contribution in [3.8, 4) is 0 Å². The lowest BCUT2D eigenvalue weighted by Crippen LogP contribution is -2.61. The van der Waals surface area contributed by atoms with Gasteiger partial charge < -0.3 is 26.6 Å². The summed E-state index contributed by atoms with van der Waals surface area (Å²) in [7, 11) is 0. The molecule has 5 N–H and O–H groups in total. The predicted octanol–water partition coefficient (Wildman–Crippen LogP) is 6.41. The zero-order chi connectivity index (χ0) is 46.2. The van der Waals surface area contributed by atoms with E-state index in [1.165, 1.54) is 19.3 Å². The van der Waals surface area contributed by atoms with Crippen molar-refractivity contribution in [1.82, 2.24) is 20.9 Å². The van der Waals surface area contributed by atoms with Crippen LogP contribution in [0.1, 0.15) is 176 Å². The van der Waals surface area contributed by atoms with Crippen LogP contribution in [-0.4, -0.2) is 88.8 Å². The number of nitrogens with one attached hydrogen (secondary N) is 3. The molecule has 14 heteroatoms. The average molecular weight is 889 g/mol. The number of carbonyl (C=O) groups excluding carboxylic acids is 8. The number of isocyanates is 1. The summed E-state index contributed by atoms with van der Waals surface area (Å²) in [5, 5.41) is 8.85. The Morgan fingerprint density at radius 2 is 1.30 bits per heavy atom. The summed E-state index contributed by atoms with van der Waals surface area (Å²) in [5.74, 6) is -1.55.